The second-order valence-corrected chi connectivity index (χ2v) is 9.46. The van der Waals surface area contributed by atoms with Crippen LogP contribution in [0.15, 0.2) is 36.5 Å². The van der Waals surface area contributed by atoms with Gasteiger partial charge < -0.3 is 19.7 Å². The maximum Gasteiger partial charge on any atom is 0.495 e. The molecule has 2 aliphatic rings. The van der Waals surface area contributed by atoms with Crippen molar-refractivity contribution in [2.45, 2.75) is 58.5 Å². The summed E-state index contributed by atoms with van der Waals surface area (Å²) >= 11 is 0. The van der Waals surface area contributed by atoms with E-state index in [9.17, 15) is 9.90 Å². The number of carbonyl (C=O) groups is 1. The van der Waals surface area contributed by atoms with Crippen LogP contribution < -0.4 is 10.8 Å². The molecule has 0 atom stereocenters. The molecule has 0 spiro atoms. The lowest BCUT2D eigenvalue weighted by Crippen LogP contribution is -2.49. The molecule has 3 heterocycles. The van der Waals surface area contributed by atoms with Crippen molar-refractivity contribution in [1.29, 1.82) is 0 Å². The molecule has 4 rings (SSSR count). The Morgan fingerprint density at radius 1 is 1.19 bits per heavy atom. The van der Waals surface area contributed by atoms with Crippen molar-refractivity contribution in [3.63, 3.8) is 0 Å². The lowest BCUT2D eigenvalue weighted by molar-refractivity contribution is -0.00291. The van der Waals surface area contributed by atoms with Crippen molar-refractivity contribution < 1.29 is 19.2 Å². The van der Waals surface area contributed by atoms with Crippen LogP contribution in [0.5, 0.6) is 0 Å². The number of aliphatic hydroxyl groups excluding tert-OH is 1. The quantitative estimate of drug-likeness (QED) is 0.717. The van der Waals surface area contributed by atoms with Gasteiger partial charge in [0.25, 0.3) is 5.91 Å². The highest BCUT2D eigenvalue weighted by Crippen LogP contribution is 2.37. The van der Waals surface area contributed by atoms with Crippen LogP contribution in [0.3, 0.4) is 0 Å². The van der Waals surface area contributed by atoms with E-state index in [-0.39, 0.29) is 12.0 Å². The van der Waals surface area contributed by atoms with E-state index < -0.39 is 18.3 Å². The molecular formula is C23H30BN3O4. The highest BCUT2D eigenvalue weighted by molar-refractivity contribution is 6.62. The van der Waals surface area contributed by atoms with E-state index >= 15 is 0 Å². The zero-order valence-corrected chi connectivity index (χ0v) is 18.8. The average Bonchev–Trinajstić information content (AvgIpc) is 2.90. The lowest BCUT2D eigenvalue weighted by atomic mass is 9.76. The number of aromatic nitrogens is 1. The van der Waals surface area contributed by atoms with Crippen molar-refractivity contribution in [2.24, 2.45) is 0 Å². The van der Waals surface area contributed by atoms with Gasteiger partial charge in [-0.1, -0.05) is 18.2 Å². The molecule has 164 valence electrons. The smallest absolute Gasteiger partial charge is 0.399 e. The number of amides is 1. The SMILES string of the molecule is Cc1c(NC(=O)c2ccc(CN3CC(O)C3)cn2)cccc1B1OC(C)(C)C(C)(C)O1. The number of likely N-dealkylation sites (tertiary alicyclic amines) is 1. The highest BCUT2D eigenvalue weighted by atomic mass is 16.7. The Balaban J connectivity index is 1.45. The molecule has 8 heteroatoms. The molecule has 0 bridgehead atoms. The number of hydrogen-bond donors (Lipinski definition) is 2. The molecule has 0 radical (unpaired) electrons. The first-order valence-electron chi connectivity index (χ1n) is 10.7. The number of aliphatic hydroxyl groups is 1. The number of nitrogens with zero attached hydrogens (tertiary/aromatic N) is 2. The van der Waals surface area contributed by atoms with Gasteiger partial charge in [0.15, 0.2) is 0 Å². The van der Waals surface area contributed by atoms with Crippen LogP contribution in [0.1, 0.15) is 49.3 Å². The van der Waals surface area contributed by atoms with Crippen LogP contribution in [0.2, 0.25) is 0 Å². The number of anilines is 1. The largest absolute Gasteiger partial charge is 0.495 e. The van der Waals surface area contributed by atoms with Crippen LogP contribution in [-0.2, 0) is 15.9 Å². The average molecular weight is 423 g/mol. The Labute approximate surface area is 183 Å². The van der Waals surface area contributed by atoms with Crippen molar-refractivity contribution in [3.8, 4) is 0 Å². The highest BCUT2D eigenvalue weighted by Gasteiger charge is 2.52. The zero-order valence-electron chi connectivity index (χ0n) is 18.8. The van der Waals surface area contributed by atoms with Gasteiger partial charge in [-0.15, -0.1) is 0 Å². The summed E-state index contributed by atoms with van der Waals surface area (Å²) in [5.74, 6) is -0.264. The summed E-state index contributed by atoms with van der Waals surface area (Å²) in [7, 11) is -0.487. The standard InChI is InChI=1S/C23H30BN3O4/c1-15-18(24-30-22(2,3)23(4,5)31-24)7-6-8-19(15)26-21(29)20-10-9-16(11-25-20)12-27-13-17(28)14-27/h6-11,17,28H,12-14H2,1-5H3,(H,26,29). The Hall–Kier alpha value is -2.26. The molecule has 0 unspecified atom stereocenters. The van der Waals surface area contributed by atoms with Gasteiger partial charge in [0.2, 0.25) is 0 Å². The van der Waals surface area contributed by atoms with Gasteiger partial charge in [-0.3, -0.25) is 14.7 Å². The zero-order chi connectivity index (χ0) is 22.4. The molecule has 0 saturated carbocycles. The third kappa shape index (κ3) is 4.39. The van der Waals surface area contributed by atoms with E-state index in [0.717, 1.165) is 23.1 Å². The third-order valence-corrected chi connectivity index (χ3v) is 6.53. The fraction of sp³-hybridized carbons (Fsp3) is 0.478. The van der Waals surface area contributed by atoms with E-state index in [4.69, 9.17) is 9.31 Å². The molecule has 1 amide bonds. The molecule has 2 aromatic rings. The van der Waals surface area contributed by atoms with Crippen molar-refractivity contribution in [3.05, 3.63) is 53.3 Å². The Morgan fingerprint density at radius 2 is 1.87 bits per heavy atom. The van der Waals surface area contributed by atoms with Gasteiger partial charge >= 0.3 is 7.12 Å². The Morgan fingerprint density at radius 3 is 2.45 bits per heavy atom. The summed E-state index contributed by atoms with van der Waals surface area (Å²) in [5, 5.41) is 12.4. The summed E-state index contributed by atoms with van der Waals surface area (Å²) in [6.07, 6.45) is 1.49. The summed E-state index contributed by atoms with van der Waals surface area (Å²) in [4.78, 5) is 19.2. The summed E-state index contributed by atoms with van der Waals surface area (Å²) in [5.41, 5.74) is 3.03. The first-order valence-corrected chi connectivity index (χ1v) is 10.7. The van der Waals surface area contributed by atoms with Gasteiger partial charge in [0.1, 0.15) is 5.69 Å². The predicted molar refractivity (Wildman–Crippen MR) is 120 cm³/mol. The minimum atomic E-state index is -0.487. The number of carbonyl (C=O) groups excluding carboxylic acids is 1. The van der Waals surface area contributed by atoms with Crippen molar-refractivity contribution >= 4 is 24.2 Å². The van der Waals surface area contributed by atoms with E-state index in [1.54, 1.807) is 12.3 Å². The Kier molecular flexibility index (Phi) is 5.68. The number of nitrogens with one attached hydrogen (secondary N) is 1. The van der Waals surface area contributed by atoms with Crippen LogP contribution in [-0.4, -0.2) is 58.4 Å². The van der Waals surface area contributed by atoms with Gasteiger partial charge in [-0.05, 0) is 63.3 Å². The normalized spacial score (nSPS) is 20.5. The maximum absolute atomic E-state index is 12.8. The van der Waals surface area contributed by atoms with Gasteiger partial charge in [0, 0.05) is 31.5 Å². The van der Waals surface area contributed by atoms with Gasteiger partial charge in [-0.25, -0.2) is 0 Å². The molecule has 0 aliphatic carbocycles. The molecule has 1 aromatic heterocycles. The fourth-order valence-electron chi connectivity index (χ4n) is 3.78. The Bertz CT molecular complexity index is 955. The second kappa shape index (κ2) is 8.02. The van der Waals surface area contributed by atoms with Crippen LogP contribution in [0, 0.1) is 6.92 Å². The van der Waals surface area contributed by atoms with Crippen LogP contribution in [0.4, 0.5) is 5.69 Å². The van der Waals surface area contributed by atoms with E-state index in [0.29, 0.717) is 24.5 Å². The first-order chi connectivity index (χ1) is 14.6. The number of hydrogen-bond acceptors (Lipinski definition) is 6. The van der Waals surface area contributed by atoms with Gasteiger partial charge in [-0.2, -0.15) is 0 Å². The van der Waals surface area contributed by atoms with E-state index in [1.165, 1.54) is 0 Å². The molecule has 31 heavy (non-hydrogen) atoms. The molecule has 2 aliphatic heterocycles. The minimum Gasteiger partial charge on any atom is -0.399 e. The summed E-state index contributed by atoms with van der Waals surface area (Å²) < 4.78 is 12.3. The number of β-amino-alcohol motifs (C(OH)–C–C–N with tert-alkyl or cyclic N) is 1. The molecule has 2 saturated heterocycles. The number of pyridine rings is 1. The maximum atomic E-state index is 12.8. The second-order valence-electron chi connectivity index (χ2n) is 9.46. The first kappa shape index (κ1) is 22.0. The van der Waals surface area contributed by atoms with Crippen molar-refractivity contribution in [2.75, 3.05) is 18.4 Å². The predicted octanol–water partition coefficient (Wildman–Crippen LogP) is 2.12. The topological polar surface area (TPSA) is 83.9 Å². The van der Waals surface area contributed by atoms with Crippen LogP contribution in [0.25, 0.3) is 0 Å². The third-order valence-electron chi connectivity index (χ3n) is 6.53. The molecular weight excluding hydrogens is 393 g/mol. The van der Waals surface area contributed by atoms with E-state index in [2.05, 4.69) is 15.2 Å². The molecule has 2 fully saturated rings. The number of benzene rings is 1. The van der Waals surface area contributed by atoms with Crippen LogP contribution >= 0.6 is 0 Å². The fourth-order valence-corrected chi connectivity index (χ4v) is 3.78. The van der Waals surface area contributed by atoms with Gasteiger partial charge in [0.05, 0.1) is 17.3 Å². The monoisotopic (exact) mass is 423 g/mol. The minimum absolute atomic E-state index is 0.228. The molecule has 2 N–H and O–H groups in total. The lowest BCUT2D eigenvalue weighted by Gasteiger charge is -2.35. The van der Waals surface area contributed by atoms with Crippen molar-refractivity contribution in [1.82, 2.24) is 9.88 Å². The summed E-state index contributed by atoms with van der Waals surface area (Å²) in [6.45, 7) is 12.1. The van der Waals surface area contributed by atoms with E-state index in [1.807, 2.05) is 58.9 Å². The number of rotatable bonds is 5. The molecule has 7 nitrogen and oxygen atoms in total. The summed E-state index contributed by atoms with van der Waals surface area (Å²) in [6, 6.07) is 9.36. The molecule has 1 aromatic carbocycles.